The maximum atomic E-state index is 12.4. The number of carbonyl (C=O) groups excluding carboxylic acids is 1. The number of nitrogen functional groups attached to an aromatic ring is 1. The lowest BCUT2D eigenvalue weighted by Gasteiger charge is -2.11. The predicted octanol–water partition coefficient (Wildman–Crippen LogP) is 1.13. The van der Waals surface area contributed by atoms with Gasteiger partial charge in [-0.2, -0.15) is 10.2 Å². The van der Waals surface area contributed by atoms with Crippen molar-refractivity contribution in [3.05, 3.63) is 59.7 Å². The maximum Gasteiger partial charge on any atom is 0.274 e. The van der Waals surface area contributed by atoms with Crippen molar-refractivity contribution in [1.29, 1.82) is 0 Å². The first-order valence-corrected chi connectivity index (χ1v) is 7.54. The van der Waals surface area contributed by atoms with E-state index in [4.69, 9.17) is 5.73 Å². The number of aryl methyl sites for hydroxylation is 1. The summed E-state index contributed by atoms with van der Waals surface area (Å²) in [4.78, 5) is 22.3. The highest BCUT2D eigenvalue weighted by atomic mass is 16.1. The standard InChI is InChI=1S/C16H17N7O/c1-2-12-15(23-19-8-9-20-23)22-14(17)13(21-12)16(24)18-10-11-6-4-3-5-7-11/h3-9H,2,10H2,1H3,(H2,17,22)(H,18,24). The number of nitrogens with one attached hydrogen (secondary N) is 1. The Morgan fingerprint density at radius 2 is 1.88 bits per heavy atom. The quantitative estimate of drug-likeness (QED) is 0.728. The molecule has 0 saturated carbocycles. The molecule has 0 aliphatic carbocycles. The molecule has 0 atom stereocenters. The van der Waals surface area contributed by atoms with Crippen LogP contribution >= 0.6 is 0 Å². The van der Waals surface area contributed by atoms with E-state index in [-0.39, 0.29) is 17.4 Å². The van der Waals surface area contributed by atoms with Gasteiger partial charge >= 0.3 is 0 Å². The van der Waals surface area contributed by atoms with Crippen molar-refractivity contribution >= 4 is 11.7 Å². The maximum absolute atomic E-state index is 12.4. The van der Waals surface area contributed by atoms with Gasteiger partial charge in [-0.3, -0.25) is 4.79 Å². The summed E-state index contributed by atoms with van der Waals surface area (Å²) in [6, 6.07) is 9.61. The Bertz CT molecular complexity index is 831. The van der Waals surface area contributed by atoms with E-state index in [9.17, 15) is 4.79 Å². The van der Waals surface area contributed by atoms with E-state index in [1.165, 1.54) is 17.2 Å². The predicted molar refractivity (Wildman–Crippen MR) is 88.4 cm³/mol. The number of amides is 1. The molecule has 0 radical (unpaired) electrons. The van der Waals surface area contributed by atoms with Gasteiger partial charge in [-0.1, -0.05) is 37.3 Å². The first-order chi connectivity index (χ1) is 11.7. The summed E-state index contributed by atoms with van der Waals surface area (Å²) >= 11 is 0. The second-order valence-corrected chi connectivity index (χ2v) is 5.07. The van der Waals surface area contributed by atoms with Gasteiger partial charge in [-0.05, 0) is 12.0 Å². The van der Waals surface area contributed by atoms with Crippen LogP contribution in [0.1, 0.15) is 28.7 Å². The molecular formula is C16H17N7O. The Morgan fingerprint density at radius 3 is 2.54 bits per heavy atom. The molecule has 3 N–H and O–H groups in total. The molecule has 0 spiro atoms. The van der Waals surface area contributed by atoms with Crippen molar-refractivity contribution in [3.63, 3.8) is 0 Å². The first kappa shape index (κ1) is 15.6. The number of hydrogen-bond donors (Lipinski definition) is 2. The minimum Gasteiger partial charge on any atom is -0.382 e. The number of nitrogens with zero attached hydrogens (tertiary/aromatic N) is 5. The lowest BCUT2D eigenvalue weighted by Crippen LogP contribution is -2.26. The topological polar surface area (TPSA) is 112 Å². The fourth-order valence-electron chi connectivity index (χ4n) is 2.23. The third kappa shape index (κ3) is 3.22. The van der Waals surface area contributed by atoms with E-state index >= 15 is 0 Å². The number of rotatable bonds is 5. The fourth-order valence-corrected chi connectivity index (χ4v) is 2.23. The zero-order valence-corrected chi connectivity index (χ0v) is 13.2. The smallest absolute Gasteiger partial charge is 0.274 e. The van der Waals surface area contributed by atoms with Gasteiger partial charge in [0, 0.05) is 6.54 Å². The van der Waals surface area contributed by atoms with E-state index in [1.807, 2.05) is 37.3 Å². The highest BCUT2D eigenvalue weighted by Crippen LogP contribution is 2.14. The van der Waals surface area contributed by atoms with Crippen molar-refractivity contribution < 1.29 is 4.79 Å². The van der Waals surface area contributed by atoms with Gasteiger partial charge in [0.1, 0.15) is 0 Å². The van der Waals surface area contributed by atoms with Crippen LogP contribution in [-0.4, -0.2) is 30.9 Å². The first-order valence-electron chi connectivity index (χ1n) is 7.54. The number of aromatic nitrogens is 5. The fraction of sp³-hybridized carbons (Fsp3) is 0.188. The summed E-state index contributed by atoms with van der Waals surface area (Å²) < 4.78 is 0. The van der Waals surface area contributed by atoms with E-state index in [0.717, 1.165) is 5.56 Å². The Hall–Kier alpha value is -3.29. The van der Waals surface area contributed by atoms with Crippen LogP contribution in [0.4, 0.5) is 5.82 Å². The van der Waals surface area contributed by atoms with Crippen LogP contribution in [0.25, 0.3) is 5.82 Å². The molecule has 1 aromatic carbocycles. The van der Waals surface area contributed by atoms with Crippen LogP contribution < -0.4 is 11.1 Å². The monoisotopic (exact) mass is 323 g/mol. The van der Waals surface area contributed by atoms with Gasteiger partial charge in [0.15, 0.2) is 17.3 Å². The Morgan fingerprint density at radius 1 is 1.17 bits per heavy atom. The zero-order chi connectivity index (χ0) is 16.9. The summed E-state index contributed by atoms with van der Waals surface area (Å²) in [6.07, 6.45) is 3.65. The van der Waals surface area contributed by atoms with Crippen LogP contribution in [0.5, 0.6) is 0 Å². The normalized spacial score (nSPS) is 10.5. The van der Waals surface area contributed by atoms with Gasteiger partial charge in [0.25, 0.3) is 5.91 Å². The highest BCUT2D eigenvalue weighted by Gasteiger charge is 2.18. The van der Waals surface area contributed by atoms with Crippen LogP contribution in [0.2, 0.25) is 0 Å². The largest absolute Gasteiger partial charge is 0.382 e. The molecule has 2 heterocycles. The number of hydrogen-bond acceptors (Lipinski definition) is 6. The summed E-state index contributed by atoms with van der Waals surface area (Å²) in [5.74, 6) is 0.114. The number of benzene rings is 1. The molecule has 0 saturated heterocycles. The number of anilines is 1. The average Bonchev–Trinajstić information content (AvgIpc) is 3.15. The Kier molecular flexibility index (Phi) is 4.46. The van der Waals surface area contributed by atoms with Crippen molar-refractivity contribution in [2.45, 2.75) is 19.9 Å². The van der Waals surface area contributed by atoms with Crippen molar-refractivity contribution in [2.75, 3.05) is 5.73 Å². The molecule has 0 bridgehead atoms. The molecule has 0 aliphatic rings. The van der Waals surface area contributed by atoms with Gasteiger partial charge in [0.05, 0.1) is 18.1 Å². The summed E-state index contributed by atoms with van der Waals surface area (Å²) in [5, 5.41) is 10.9. The van der Waals surface area contributed by atoms with Gasteiger partial charge < -0.3 is 11.1 Å². The highest BCUT2D eigenvalue weighted by molar-refractivity contribution is 5.96. The molecule has 3 rings (SSSR count). The molecule has 0 unspecified atom stereocenters. The molecule has 1 amide bonds. The molecule has 0 fully saturated rings. The lowest BCUT2D eigenvalue weighted by molar-refractivity contribution is 0.0946. The third-order valence-electron chi connectivity index (χ3n) is 3.43. The summed E-state index contributed by atoms with van der Waals surface area (Å²) in [6.45, 7) is 2.31. The molecule has 8 nitrogen and oxygen atoms in total. The van der Waals surface area contributed by atoms with E-state index in [0.29, 0.717) is 24.5 Å². The van der Waals surface area contributed by atoms with Crippen molar-refractivity contribution in [1.82, 2.24) is 30.3 Å². The van der Waals surface area contributed by atoms with E-state index in [1.54, 1.807) is 0 Å². The molecular weight excluding hydrogens is 306 g/mol. The van der Waals surface area contributed by atoms with Crippen LogP contribution in [0.3, 0.4) is 0 Å². The van der Waals surface area contributed by atoms with E-state index < -0.39 is 0 Å². The molecule has 0 aliphatic heterocycles. The van der Waals surface area contributed by atoms with Crippen LogP contribution in [-0.2, 0) is 13.0 Å². The molecule has 122 valence electrons. The minimum absolute atomic E-state index is 0.0464. The Labute approximate surface area is 138 Å². The number of carbonyl (C=O) groups is 1. The van der Waals surface area contributed by atoms with Crippen LogP contribution in [0, 0.1) is 0 Å². The molecule has 2 aromatic heterocycles. The van der Waals surface area contributed by atoms with Crippen LogP contribution in [0.15, 0.2) is 42.7 Å². The van der Waals surface area contributed by atoms with E-state index in [2.05, 4.69) is 25.5 Å². The Balaban J connectivity index is 1.84. The summed E-state index contributed by atoms with van der Waals surface area (Å²) in [5.41, 5.74) is 7.62. The zero-order valence-electron chi connectivity index (χ0n) is 13.2. The van der Waals surface area contributed by atoms with Crippen molar-refractivity contribution in [2.24, 2.45) is 0 Å². The van der Waals surface area contributed by atoms with Gasteiger partial charge in [0.2, 0.25) is 0 Å². The van der Waals surface area contributed by atoms with Gasteiger partial charge in [-0.15, -0.1) is 4.80 Å². The summed E-state index contributed by atoms with van der Waals surface area (Å²) in [7, 11) is 0. The number of nitrogens with two attached hydrogens (primary N) is 1. The average molecular weight is 323 g/mol. The second-order valence-electron chi connectivity index (χ2n) is 5.07. The molecule has 3 aromatic rings. The van der Waals surface area contributed by atoms with Gasteiger partial charge in [-0.25, -0.2) is 9.97 Å². The SMILES string of the molecule is CCc1nc(C(=O)NCc2ccccc2)c(N)nc1-n1nccn1. The molecule has 24 heavy (non-hydrogen) atoms. The third-order valence-corrected chi connectivity index (χ3v) is 3.43. The lowest BCUT2D eigenvalue weighted by atomic mass is 10.2. The van der Waals surface area contributed by atoms with Crippen molar-refractivity contribution in [3.8, 4) is 5.82 Å². The minimum atomic E-state index is -0.362. The second kappa shape index (κ2) is 6.86. The molecule has 8 heteroatoms.